The quantitative estimate of drug-likeness (QED) is 0.127. The highest BCUT2D eigenvalue weighted by atomic mass is 79.9. The monoisotopic (exact) mass is 704 g/mol. The van der Waals surface area contributed by atoms with Gasteiger partial charge in [0.1, 0.15) is 0 Å². The smallest absolute Gasteiger partial charge is 0.335 e. The van der Waals surface area contributed by atoms with Crippen molar-refractivity contribution in [1.29, 1.82) is 0 Å². The average Bonchev–Trinajstić information content (AvgIpc) is 3.51. The van der Waals surface area contributed by atoms with Crippen molar-refractivity contribution in [2.24, 2.45) is 0 Å². The SMILES string of the molecule is CCCOc1c(Br)cc(C(c2c(C)[nH]n(-c3cccc(C(=O)O)c3)c2=O)c2c(C)[nH]n(-c3cccc(C(=O)O)c3)c2=O)cc1OCC. The first-order valence-electron chi connectivity index (χ1n) is 14.9. The van der Waals surface area contributed by atoms with Gasteiger partial charge in [-0.05, 0) is 97.2 Å². The predicted octanol–water partition coefficient (Wildman–Crippen LogP) is 5.79. The number of nitrogens with zero attached hydrogens (tertiary/aromatic N) is 2. The molecule has 3 aromatic carbocycles. The molecule has 2 heterocycles. The Kier molecular flexibility index (Phi) is 9.56. The highest BCUT2D eigenvalue weighted by molar-refractivity contribution is 9.10. The number of aromatic amines is 2. The number of carboxylic acid groups (broad SMARTS) is 2. The second-order valence-electron chi connectivity index (χ2n) is 10.8. The lowest BCUT2D eigenvalue weighted by atomic mass is 9.85. The zero-order chi connectivity index (χ0) is 34.0. The summed E-state index contributed by atoms with van der Waals surface area (Å²) in [6.45, 7) is 7.99. The maximum atomic E-state index is 14.3. The van der Waals surface area contributed by atoms with E-state index >= 15 is 0 Å². The molecule has 0 aliphatic carbocycles. The maximum Gasteiger partial charge on any atom is 0.335 e. The topological polar surface area (TPSA) is 169 Å². The van der Waals surface area contributed by atoms with Crippen LogP contribution in [-0.2, 0) is 0 Å². The second-order valence-corrected chi connectivity index (χ2v) is 11.7. The lowest BCUT2D eigenvalue weighted by molar-refractivity contribution is 0.0686. The summed E-state index contributed by atoms with van der Waals surface area (Å²) in [4.78, 5) is 52.0. The number of aromatic carboxylic acids is 2. The molecule has 5 aromatic rings. The molecule has 0 atom stereocenters. The molecule has 0 saturated carbocycles. The normalized spacial score (nSPS) is 11.2. The minimum absolute atomic E-state index is 0.000615. The molecule has 244 valence electrons. The van der Waals surface area contributed by atoms with E-state index in [4.69, 9.17) is 9.47 Å². The van der Waals surface area contributed by atoms with Crippen molar-refractivity contribution in [1.82, 2.24) is 19.6 Å². The van der Waals surface area contributed by atoms with E-state index in [1.807, 2.05) is 13.8 Å². The number of aromatic nitrogens is 4. The molecule has 0 unspecified atom stereocenters. The number of benzene rings is 3. The van der Waals surface area contributed by atoms with Crippen molar-refractivity contribution < 1.29 is 29.3 Å². The largest absolute Gasteiger partial charge is 0.490 e. The van der Waals surface area contributed by atoms with E-state index in [-0.39, 0.29) is 22.3 Å². The number of rotatable bonds is 12. The zero-order valence-corrected chi connectivity index (χ0v) is 27.7. The summed E-state index contributed by atoms with van der Waals surface area (Å²) in [7, 11) is 0. The minimum atomic E-state index is -1.14. The molecule has 13 heteroatoms. The van der Waals surface area contributed by atoms with E-state index in [0.717, 1.165) is 6.42 Å². The van der Waals surface area contributed by atoms with Crippen LogP contribution in [0.3, 0.4) is 0 Å². The molecule has 0 amide bonds. The van der Waals surface area contributed by atoms with Crippen molar-refractivity contribution >= 4 is 27.9 Å². The summed E-state index contributed by atoms with van der Waals surface area (Å²) in [6, 6.07) is 15.4. The van der Waals surface area contributed by atoms with Crippen LogP contribution < -0.4 is 20.6 Å². The maximum absolute atomic E-state index is 14.3. The summed E-state index contributed by atoms with van der Waals surface area (Å²) in [5.74, 6) is -2.34. The minimum Gasteiger partial charge on any atom is -0.490 e. The van der Waals surface area contributed by atoms with Crippen LogP contribution >= 0.6 is 15.9 Å². The van der Waals surface area contributed by atoms with Crippen LogP contribution in [0.5, 0.6) is 11.5 Å². The van der Waals surface area contributed by atoms with Crippen LogP contribution in [0, 0.1) is 13.8 Å². The van der Waals surface area contributed by atoms with E-state index < -0.39 is 29.0 Å². The van der Waals surface area contributed by atoms with Crippen molar-refractivity contribution in [2.45, 2.75) is 40.0 Å². The first-order valence-corrected chi connectivity index (χ1v) is 15.7. The zero-order valence-electron chi connectivity index (χ0n) is 26.1. The number of carboxylic acids is 2. The van der Waals surface area contributed by atoms with E-state index in [0.29, 0.717) is 57.5 Å². The lowest BCUT2D eigenvalue weighted by Crippen LogP contribution is -2.25. The molecule has 47 heavy (non-hydrogen) atoms. The summed E-state index contributed by atoms with van der Waals surface area (Å²) >= 11 is 3.61. The van der Waals surface area contributed by atoms with Crippen LogP contribution in [0.15, 0.2) is 74.7 Å². The van der Waals surface area contributed by atoms with E-state index in [2.05, 4.69) is 26.1 Å². The fourth-order valence-electron chi connectivity index (χ4n) is 5.56. The first kappa shape index (κ1) is 33.1. The molecule has 4 N–H and O–H groups in total. The number of aryl methyl sites for hydroxylation is 2. The standard InChI is InChI=1S/C34H33BrN4O8/c1-5-13-47-30-25(35)16-22(17-26(30)46-6-2)29(27-18(3)36-38(31(27)40)23-11-7-9-20(14-23)33(42)43)28-19(4)37-39(32(28)41)24-12-8-10-21(15-24)34(44)45/h7-12,14-17,29,36-37H,5-6,13H2,1-4H3,(H,42,43)(H,44,45). The van der Waals surface area contributed by atoms with Gasteiger partial charge < -0.3 is 19.7 Å². The van der Waals surface area contributed by atoms with Gasteiger partial charge in [-0.1, -0.05) is 19.1 Å². The number of hydrogen-bond donors (Lipinski definition) is 4. The first-order chi connectivity index (χ1) is 22.5. The Bertz CT molecular complexity index is 1990. The van der Waals surface area contributed by atoms with Gasteiger partial charge in [0.15, 0.2) is 11.5 Å². The van der Waals surface area contributed by atoms with Gasteiger partial charge in [0.05, 0.1) is 51.3 Å². The summed E-state index contributed by atoms with van der Waals surface area (Å²) in [5.41, 5.74) is 1.54. The highest BCUT2D eigenvalue weighted by Gasteiger charge is 2.32. The van der Waals surface area contributed by atoms with Gasteiger partial charge in [-0.2, -0.15) is 0 Å². The van der Waals surface area contributed by atoms with E-state index in [9.17, 15) is 29.4 Å². The Morgan fingerprint density at radius 2 is 1.32 bits per heavy atom. The Morgan fingerprint density at radius 3 is 1.77 bits per heavy atom. The van der Waals surface area contributed by atoms with Crippen molar-refractivity contribution in [3.63, 3.8) is 0 Å². The Labute approximate surface area is 277 Å². The molecule has 0 fully saturated rings. The average molecular weight is 706 g/mol. The van der Waals surface area contributed by atoms with Gasteiger partial charge in [-0.3, -0.25) is 19.8 Å². The number of ether oxygens (including phenoxy) is 2. The highest BCUT2D eigenvalue weighted by Crippen LogP contribution is 2.42. The van der Waals surface area contributed by atoms with Crippen molar-refractivity contribution in [2.75, 3.05) is 13.2 Å². The fourth-order valence-corrected chi connectivity index (χ4v) is 6.13. The summed E-state index contributed by atoms with van der Waals surface area (Å²) in [5, 5.41) is 25.2. The molecule has 0 saturated heterocycles. The van der Waals surface area contributed by atoms with Crippen molar-refractivity contribution in [3.8, 4) is 22.9 Å². The van der Waals surface area contributed by atoms with Crippen LogP contribution in [0.25, 0.3) is 11.4 Å². The van der Waals surface area contributed by atoms with Crippen LogP contribution in [0.2, 0.25) is 0 Å². The molecular formula is C34H33BrN4O8. The molecule has 0 spiro atoms. The van der Waals surface area contributed by atoms with Crippen molar-refractivity contribution in [3.05, 3.63) is 125 Å². The Balaban J connectivity index is 1.80. The van der Waals surface area contributed by atoms with Gasteiger partial charge in [0.25, 0.3) is 11.1 Å². The lowest BCUT2D eigenvalue weighted by Gasteiger charge is -2.20. The Morgan fingerprint density at radius 1 is 0.809 bits per heavy atom. The number of halogens is 1. The molecule has 0 radical (unpaired) electrons. The summed E-state index contributed by atoms with van der Waals surface area (Å²) < 4.78 is 15.0. The molecule has 5 rings (SSSR count). The molecule has 0 bridgehead atoms. The number of hydrogen-bond acceptors (Lipinski definition) is 6. The molecule has 0 aliphatic heterocycles. The molecular weight excluding hydrogens is 672 g/mol. The molecule has 0 aliphatic rings. The predicted molar refractivity (Wildman–Crippen MR) is 178 cm³/mol. The third-order valence-electron chi connectivity index (χ3n) is 7.63. The number of nitrogens with one attached hydrogen (secondary N) is 2. The van der Waals surface area contributed by atoms with E-state index in [1.165, 1.54) is 33.6 Å². The van der Waals surface area contributed by atoms with Gasteiger partial charge in [0.2, 0.25) is 0 Å². The molecule has 12 nitrogen and oxygen atoms in total. The number of H-pyrrole nitrogens is 2. The Hall–Kier alpha value is -5.30. The third kappa shape index (κ3) is 6.39. The van der Waals surface area contributed by atoms with E-state index in [1.54, 1.807) is 50.2 Å². The van der Waals surface area contributed by atoms with Gasteiger partial charge in [-0.25, -0.2) is 19.0 Å². The molecule has 2 aromatic heterocycles. The third-order valence-corrected chi connectivity index (χ3v) is 8.22. The number of carbonyl (C=O) groups is 2. The van der Waals surface area contributed by atoms with Gasteiger partial charge in [0, 0.05) is 17.3 Å². The fraction of sp³-hybridized carbons (Fsp3) is 0.235. The van der Waals surface area contributed by atoms with Crippen LogP contribution in [-0.4, -0.2) is 54.9 Å². The van der Waals surface area contributed by atoms with Crippen LogP contribution in [0.1, 0.15) is 75.0 Å². The van der Waals surface area contributed by atoms with Gasteiger partial charge in [-0.15, -0.1) is 0 Å². The second kappa shape index (κ2) is 13.6. The summed E-state index contributed by atoms with van der Waals surface area (Å²) in [6.07, 6.45) is 0.763. The van der Waals surface area contributed by atoms with Crippen LogP contribution in [0.4, 0.5) is 0 Å². The van der Waals surface area contributed by atoms with Gasteiger partial charge >= 0.3 is 11.9 Å².